The summed E-state index contributed by atoms with van der Waals surface area (Å²) in [6, 6.07) is 8.33. The first-order valence-electron chi connectivity index (χ1n) is 6.93. The van der Waals surface area contributed by atoms with Crippen LogP contribution in [0.3, 0.4) is 0 Å². The van der Waals surface area contributed by atoms with Crippen LogP contribution in [-0.4, -0.2) is 30.1 Å². The predicted molar refractivity (Wildman–Crippen MR) is 87.4 cm³/mol. The predicted octanol–water partition coefficient (Wildman–Crippen LogP) is 1.25. The number of benzene rings is 1. The number of aliphatic hydroxyl groups is 1. The van der Waals surface area contributed by atoms with Gasteiger partial charge in [0, 0.05) is 0 Å². The molecule has 2 amide bonds. The molecule has 1 aromatic heterocycles. The summed E-state index contributed by atoms with van der Waals surface area (Å²) in [7, 11) is 0. The molecule has 0 spiro atoms. The van der Waals surface area contributed by atoms with Crippen molar-refractivity contribution in [3.63, 3.8) is 0 Å². The van der Waals surface area contributed by atoms with Gasteiger partial charge < -0.3 is 20.9 Å². The van der Waals surface area contributed by atoms with E-state index < -0.39 is 17.4 Å². The normalized spacial score (nSPS) is 13.1. The number of carbonyl (C=O) groups excluding carboxylic acids is 2. The molecular formula is C16H18N2O4S. The van der Waals surface area contributed by atoms with E-state index in [1.165, 1.54) is 11.3 Å². The smallest absolute Gasteiger partial charge is 0.255 e. The molecule has 1 aromatic carbocycles. The Kier molecular flexibility index (Phi) is 5.36. The van der Waals surface area contributed by atoms with Crippen LogP contribution in [0.1, 0.15) is 22.8 Å². The molecule has 2 rings (SSSR count). The molecule has 0 fully saturated rings. The topological polar surface area (TPSA) is 102 Å². The number of carbonyl (C=O) groups is 2. The molecule has 2 aromatic rings. The van der Waals surface area contributed by atoms with Crippen molar-refractivity contribution in [1.29, 1.82) is 0 Å². The van der Waals surface area contributed by atoms with E-state index in [1.54, 1.807) is 37.3 Å². The number of para-hydroxylation sites is 1. The van der Waals surface area contributed by atoms with Crippen LogP contribution in [0.25, 0.3) is 0 Å². The van der Waals surface area contributed by atoms with Crippen molar-refractivity contribution in [3.05, 3.63) is 52.2 Å². The Morgan fingerprint density at radius 2 is 2.09 bits per heavy atom. The van der Waals surface area contributed by atoms with Crippen molar-refractivity contribution in [2.24, 2.45) is 5.73 Å². The Hall–Kier alpha value is -2.38. The Morgan fingerprint density at radius 1 is 1.35 bits per heavy atom. The minimum Gasteiger partial charge on any atom is -0.483 e. The van der Waals surface area contributed by atoms with Gasteiger partial charge in [-0.3, -0.25) is 9.59 Å². The highest BCUT2D eigenvalue weighted by Crippen LogP contribution is 2.23. The van der Waals surface area contributed by atoms with E-state index in [1.807, 2.05) is 10.8 Å². The number of hydrogen-bond acceptors (Lipinski definition) is 5. The molecule has 0 bridgehead atoms. The summed E-state index contributed by atoms with van der Waals surface area (Å²) in [6.07, 6.45) is 0. The maximum atomic E-state index is 12.3. The maximum absolute atomic E-state index is 12.3. The third-order valence-electron chi connectivity index (χ3n) is 3.24. The van der Waals surface area contributed by atoms with Crippen LogP contribution in [0, 0.1) is 0 Å². The van der Waals surface area contributed by atoms with Crippen LogP contribution in [0.15, 0.2) is 41.1 Å². The van der Waals surface area contributed by atoms with Crippen molar-refractivity contribution < 1.29 is 19.4 Å². The maximum Gasteiger partial charge on any atom is 0.255 e. The summed E-state index contributed by atoms with van der Waals surface area (Å²) in [5, 5.41) is 16.8. The van der Waals surface area contributed by atoms with Gasteiger partial charge in [-0.25, -0.2) is 0 Å². The lowest BCUT2D eigenvalue weighted by Crippen LogP contribution is -2.38. The summed E-state index contributed by atoms with van der Waals surface area (Å²) in [6.45, 7) is 1.37. The van der Waals surface area contributed by atoms with E-state index in [9.17, 15) is 14.7 Å². The third-order valence-corrected chi connectivity index (χ3v) is 3.92. The first-order chi connectivity index (χ1) is 10.9. The van der Waals surface area contributed by atoms with E-state index in [-0.39, 0.29) is 24.5 Å². The number of ether oxygens (including phenoxy) is 1. The van der Waals surface area contributed by atoms with Crippen molar-refractivity contribution in [2.75, 3.05) is 13.2 Å². The summed E-state index contributed by atoms with van der Waals surface area (Å²) >= 11 is 1.47. The molecule has 122 valence electrons. The van der Waals surface area contributed by atoms with Gasteiger partial charge in [0.2, 0.25) is 0 Å². The Morgan fingerprint density at radius 3 is 2.74 bits per heavy atom. The number of primary amides is 1. The molecule has 0 aliphatic carbocycles. The highest BCUT2D eigenvalue weighted by molar-refractivity contribution is 7.08. The second-order valence-electron chi connectivity index (χ2n) is 5.22. The second-order valence-corrected chi connectivity index (χ2v) is 6.00. The van der Waals surface area contributed by atoms with Gasteiger partial charge in [-0.1, -0.05) is 12.1 Å². The lowest BCUT2D eigenvalue weighted by atomic mass is 9.99. The average Bonchev–Trinajstić information content (AvgIpc) is 3.06. The van der Waals surface area contributed by atoms with E-state index >= 15 is 0 Å². The standard InChI is InChI=1S/C16H18N2O4S/c1-16(21,11-6-7-23-9-11)10-18-15(20)12-4-2-3-5-13(12)22-8-14(17)19/h2-7,9,21H,8,10H2,1H3,(H2,17,19)(H,18,20). The molecule has 0 saturated carbocycles. The molecule has 4 N–H and O–H groups in total. The van der Waals surface area contributed by atoms with Crippen molar-refractivity contribution in [2.45, 2.75) is 12.5 Å². The minimum atomic E-state index is -1.17. The quantitative estimate of drug-likeness (QED) is 0.709. The van der Waals surface area contributed by atoms with E-state index in [4.69, 9.17) is 10.5 Å². The van der Waals surface area contributed by atoms with Crippen LogP contribution < -0.4 is 15.8 Å². The third kappa shape index (κ3) is 4.54. The Labute approximate surface area is 137 Å². The zero-order valence-electron chi connectivity index (χ0n) is 12.6. The highest BCUT2D eigenvalue weighted by Gasteiger charge is 2.25. The average molecular weight is 334 g/mol. The number of thiophene rings is 1. The molecular weight excluding hydrogens is 316 g/mol. The van der Waals surface area contributed by atoms with Crippen LogP contribution >= 0.6 is 11.3 Å². The SMILES string of the molecule is CC(O)(CNC(=O)c1ccccc1OCC(N)=O)c1ccsc1. The van der Waals surface area contributed by atoms with Gasteiger partial charge >= 0.3 is 0 Å². The molecule has 0 aliphatic rings. The number of nitrogens with one attached hydrogen (secondary N) is 1. The van der Waals surface area contributed by atoms with Gasteiger partial charge in [0.05, 0.1) is 12.1 Å². The molecule has 6 nitrogen and oxygen atoms in total. The lowest BCUT2D eigenvalue weighted by Gasteiger charge is -2.23. The van der Waals surface area contributed by atoms with Gasteiger partial charge in [-0.05, 0) is 41.4 Å². The molecule has 0 saturated heterocycles. The number of amides is 2. The molecule has 0 radical (unpaired) electrons. The second kappa shape index (κ2) is 7.26. The molecule has 1 unspecified atom stereocenters. The largest absolute Gasteiger partial charge is 0.483 e. The molecule has 1 heterocycles. The van der Waals surface area contributed by atoms with E-state index in [0.717, 1.165) is 5.56 Å². The van der Waals surface area contributed by atoms with Crippen molar-refractivity contribution in [3.8, 4) is 5.75 Å². The van der Waals surface area contributed by atoms with Gasteiger partial charge in [-0.2, -0.15) is 11.3 Å². The zero-order valence-corrected chi connectivity index (χ0v) is 13.4. The Balaban J connectivity index is 2.05. The lowest BCUT2D eigenvalue weighted by molar-refractivity contribution is -0.119. The number of hydrogen-bond donors (Lipinski definition) is 3. The molecule has 1 atom stereocenters. The monoisotopic (exact) mass is 334 g/mol. The fourth-order valence-electron chi connectivity index (χ4n) is 1.95. The summed E-state index contributed by atoms with van der Waals surface area (Å²) in [4.78, 5) is 23.1. The first-order valence-corrected chi connectivity index (χ1v) is 7.88. The van der Waals surface area contributed by atoms with E-state index in [0.29, 0.717) is 0 Å². The minimum absolute atomic E-state index is 0.0483. The number of rotatable bonds is 7. The Bertz CT molecular complexity index is 683. The van der Waals surface area contributed by atoms with Crippen molar-refractivity contribution in [1.82, 2.24) is 5.32 Å². The summed E-state index contributed by atoms with van der Waals surface area (Å²) in [5.41, 5.74) is 4.88. The van der Waals surface area contributed by atoms with Crippen molar-refractivity contribution >= 4 is 23.2 Å². The summed E-state index contributed by atoms with van der Waals surface area (Å²) < 4.78 is 5.23. The van der Waals surface area contributed by atoms with Gasteiger partial charge in [0.25, 0.3) is 11.8 Å². The van der Waals surface area contributed by atoms with E-state index in [2.05, 4.69) is 5.32 Å². The van der Waals surface area contributed by atoms with Crippen LogP contribution in [0.4, 0.5) is 0 Å². The molecule has 7 heteroatoms. The fourth-order valence-corrected chi connectivity index (χ4v) is 2.73. The first kappa shape index (κ1) is 17.0. The van der Waals surface area contributed by atoms with Gasteiger partial charge in [0.1, 0.15) is 11.4 Å². The van der Waals surface area contributed by atoms with Crippen LogP contribution in [0.2, 0.25) is 0 Å². The fraction of sp³-hybridized carbons (Fsp3) is 0.250. The molecule has 23 heavy (non-hydrogen) atoms. The highest BCUT2D eigenvalue weighted by atomic mass is 32.1. The van der Waals surface area contributed by atoms with Crippen LogP contribution in [-0.2, 0) is 10.4 Å². The van der Waals surface area contributed by atoms with Crippen LogP contribution in [0.5, 0.6) is 5.75 Å². The number of nitrogens with two attached hydrogens (primary N) is 1. The zero-order chi connectivity index (χ0) is 16.9. The van der Waals surface area contributed by atoms with Gasteiger partial charge in [0.15, 0.2) is 6.61 Å². The molecule has 0 aliphatic heterocycles. The summed E-state index contributed by atoms with van der Waals surface area (Å²) in [5.74, 6) is -0.764. The van der Waals surface area contributed by atoms with Gasteiger partial charge in [-0.15, -0.1) is 0 Å².